The van der Waals surface area contributed by atoms with Gasteiger partial charge < -0.3 is 4.74 Å². The first kappa shape index (κ1) is 13.9. The Morgan fingerprint density at radius 1 is 1.16 bits per heavy atom. The average molecular weight is 274 g/mol. The van der Waals surface area contributed by atoms with Crippen molar-refractivity contribution in [2.75, 3.05) is 12.4 Å². The maximum absolute atomic E-state index is 5.75. The number of rotatable bonds is 7. The number of thioether (sulfide) groups is 1. The zero-order chi connectivity index (χ0) is 13.3. The average Bonchev–Trinajstić information content (AvgIpc) is 2.45. The molecule has 0 unspecified atom stereocenters. The van der Waals surface area contributed by atoms with Crippen LogP contribution < -0.4 is 4.74 Å². The minimum Gasteiger partial charge on any atom is -0.493 e. The van der Waals surface area contributed by atoms with Gasteiger partial charge in [-0.3, -0.25) is 0 Å². The Morgan fingerprint density at radius 3 is 2.74 bits per heavy atom. The molecule has 0 saturated heterocycles. The fraction of sp³-hybridized carbons (Fsp3) is 0.333. The number of hydrogen-bond donors (Lipinski definition) is 0. The van der Waals surface area contributed by atoms with E-state index in [1.807, 2.05) is 42.4 Å². The van der Waals surface area contributed by atoms with Gasteiger partial charge >= 0.3 is 0 Å². The van der Waals surface area contributed by atoms with Crippen LogP contribution in [0.4, 0.5) is 0 Å². The smallest absolute Gasteiger partial charge is 0.122 e. The molecule has 1 heterocycles. The highest BCUT2D eigenvalue weighted by atomic mass is 32.2. The van der Waals surface area contributed by atoms with Gasteiger partial charge in [-0.2, -0.15) is 11.8 Å². The van der Waals surface area contributed by atoms with Gasteiger partial charge in [0, 0.05) is 18.1 Å². The van der Waals surface area contributed by atoms with Crippen LogP contribution in [0.25, 0.3) is 0 Å². The number of ether oxygens (including phenoxy) is 1. The van der Waals surface area contributed by atoms with Crippen molar-refractivity contribution in [1.82, 2.24) is 9.97 Å². The van der Waals surface area contributed by atoms with Crippen molar-refractivity contribution in [3.05, 3.63) is 54.1 Å². The van der Waals surface area contributed by atoms with E-state index >= 15 is 0 Å². The minimum atomic E-state index is 0.767. The molecule has 0 aliphatic carbocycles. The molecule has 2 aromatic rings. The molecule has 0 radical (unpaired) electrons. The highest BCUT2D eigenvalue weighted by Crippen LogP contribution is 2.17. The Bertz CT molecular complexity index is 491. The van der Waals surface area contributed by atoms with E-state index in [-0.39, 0.29) is 0 Å². The summed E-state index contributed by atoms with van der Waals surface area (Å²) in [6, 6.07) is 8.12. The van der Waals surface area contributed by atoms with Crippen LogP contribution in [0.1, 0.15) is 17.5 Å². The van der Waals surface area contributed by atoms with Crippen LogP contribution in [-0.2, 0) is 5.75 Å². The number of aryl methyl sites for hydroxylation is 1. The van der Waals surface area contributed by atoms with E-state index in [0.29, 0.717) is 0 Å². The lowest BCUT2D eigenvalue weighted by Crippen LogP contribution is -2.00. The molecule has 0 spiro atoms. The molecule has 0 amide bonds. The highest BCUT2D eigenvalue weighted by Gasteiger charge is 1.98. The van der Waals surface area contributed by atoms with Gasteiger partial charge in [0.25, 0.3) is 0 Å². The normalized spacial score (nSPS) is 10.4. The molecule has 0 aliphatic heterocycles. The topological polar surface area (TPSA) is 35.0 Å². The SMILES string of the molecule is Cc1ccccc1OCCCSCc1cncnc1. The second kappa shape index (κ2) is 7.79. The second-order valence-electron chi connectivity index (χ2n) is 4.27. The lowest BCUT2D eigenvalue weighted by molar-refractivity contribution is 0.316. The van der Waals surface area contributed by atoms with E-state index in [0.717, 1.165) is 30.3 Å². The van der Waals surface area contributed by atoms with Gasteiger partial charge in [0.15, 0.2) is 0 Å². The maximum Gasteiger partial charge on any atom is 0.122 e. The summed E-state index contributed by atoms with van der Waals surface area (Å²) >= 11 is 1.89. The van der Waals surface area contributed by atoms with Gasteiger partial charge in [0.1, 0.15) is 12.1 Å². The van der Waals surface area contributed by atoms with Crippen LogP contribution in [0.5, 0.6) is 5.75 Å². The number of para-hydroxylation sites is 1. The van der Waals surface area contributed by atoms with Crippen LogP contribution >= 0.6 is 11.8 Å². The third kappa shape index (κ3) is 4.91. The first-order valence-electron chi connectivity index (χ1n) is 6.36. The zero-order valence-corrected chi connectivity index (χ0v) is 11.9. The predicted molar refractivity (Wildman–Crippen MR) is 79.5 cm³/mol. The summed E-state index contributed by atoms with van der Waals surface area (Å²) in [5.74, 6) is 3.04. The third-order valence-corrected chi connectivity index (χ3v) is 3.78. The fourth-order valence-electron chi connectivity index (χ4n) is 1.66. The molecule has 2 rings (SSSR count). The largest absolute Gasteiger partial charge is 0.493 e. The molecular weight excluding hydrogens is 256 g/mol. The minimum absolute atomic E-state index is 0.767. The Hall–Kier alpha value is -1.55. The quantitative estimate of drug-likeness (QED) is 0.724. The monoisotopic (exact) mass is 274 g/mol. The Morgan fingerprint density at radius 2 is 1.95 bits per heavy atom. The van der Waals surface area contributed by atoms with Gasteiger partial charge in [-0.05, 0) is 36.3 Å². The van der Waals surface area contributed by atoms with Gasteiger partial charge in [0.2, 0.25) is 0 Å². The molecule has 0 fully saturated rings. The van der Waals surface area contributed by atoms with Gasteiger partial charge in [-0.15, -0.1) is 0 Å². The van der Waals surface area contributed by atoms with Crippen molar-refractivity contribution < 1.29 is 4.74 Å². The molecule has 4 heteroatoms. The summed E-state index contributed by atoms with van der Waals surface area (Å²) in [7, 11) is 0. The van der Waals surface area contributed by atoms with Crippen LogP contribution in [0, 0.1) is 6.92 Å². The molecule has 3 nitrogen and oxygen atoms in total. The molecule has 0 saturated carbocycles. The van der Waals surface area contributed by atoms with Crippen LogP contribution in [-0.4, -0.2) is 22.3 Å². The van der Waals surface area contributed by atoms with E-state index in [1.165, 1.54) is 11.1 Å². The van der Waals surface area contributed by atoms with Crippen molar-refractivity contribution in [1.29, 1.82) is 0 Å². The molecule has 1 aromatic heterocycles. The van der Waals surface area contributed by atoms with E-state index in [1.54, 1.807) is 6.33 Å². The van der Waals surface area contributed by atoms with Crippen molar-refractivity contribution >= 4 is 11.8 Å². The molecule has 0 N–H and O–H groups in total. The maximum atomic E-state index is 5.75. The molecule has 19 heavy (non-hydrogen) atoms. The highest BCUT2D eigenvalue weighted by molar-refractivity contribution is 7.98. The van der Waals surface area contributed by atoms with Gasteiger partial charge in [0.05, 0.1) is 6.61 Å². The van der Waals surface area contributed by atoms with E-state index in [4.69, 9.17) is 4.74 Å². The number of aromatic nitrogens is 2. The zero-order valence-electron chi connectivity index (χ0n) is 11.1. The summed E-state index contributed by atoms with van der Waals surface area (Å²) in [5, 5.41) is 0. The lowest BCUT2D eigenvalue weighted by Gasteiger charge is -2.08. The predicted octanol–water partition coefficient (Wildman–Crippen LogP) is 3.49. The molecular formula is C15H18N2OS. The van der Waals surface area contributed by atoms with E-state index in [9.17, 15) is 0 Å². The van der Waals surface area contributed by atoms with Gasteiger partial charge in [-0.25, -0.2) is 9.97 Å². The summed E-state index contributed by atoms with van der Waals surface area (Å²) in [6.45, 7) is 2.84. The Kier molecular flexibility index (Phi) is 5.69. The van der Waals surface area contributed by atoms with Crippen molar-refractivity contribution in [2.45, 2.75) is 19.1 Å². The van der Waals surface area contributed by atoms with Crippen LogP contribution in [0.3, 0.4) is 0 Å². The first-order chi connectivity index (χ1) is 9.36. The molecule has 1 aromatic carbocycles. The summed E-state index contributed by atoms with van der Waals surface area (Å²) in [4.78, 5) is 8.00. The number of hydrogen-bond acceptors (Lipinski definition) is 4. The van der Waals surface area contributed by atoms with Crippen molar-refractivity contribution in [3.63, 3.8) is 0 Å². The van der Waals surface area contributed by atoms with Crippen molar-refractivity contribution in [3.8, 4) is 5.75 Å². The van der Waals surface area contributed by atoms with E-state index in [2.05, 4.69) is 23.0 Å². The van der Waals surface area contributed by atoms with Gasteiger partial charge in [-0.1, -0.05) is 18.2 Å². The summed E-state index contributed by atoms with van der Waals surface area (Å²) in [5.41, 5.74) is 2.36. The molecule has 0 bridgehead atoms. The summed E-state index contributed by atoms with van der Waals surface area (Å²) < 4.78 is 5.75. The lowest BCUT2D eigenvalue weighted by atomic mass is 10.2. The Labute approximate surface area is 118 Å². The number of benzene rings is 1. The molecule has 0 atom stereocenters. The number of nitrogens with zero attached hydrogens (tertiary/aromatic N) is 2. The third-order valence-electron chi connectivity index (χ3n) is 2.67. The molecule has 100 valence electrons. The second-order valence-corrected chi connectivity index (χ2v) is 5.37. The molecule has 0 aliphatic rings. The van der Waals surface area contributed by atoms with Crippen LogP contribution in [0.2, 0.25) is 0 Å². The first-order valence-corrected chi connectivity index (χ1v) is 7.52. The fourth-order valence-corrected chi connectivity index (χ4v) is 2.51. The van der Waals surface area contributed by atoms with Crippen LogP contribution in [0.15, 0.2) is 43.0 Å². The van der Waals surface area contributed by atoms with E-state index < -0.39 is 0 Å². The van der Waals surface area contributed by atoms with Crippen molar-refractivity contribution in [2.24, 2.45) is 0 Å². The Balaban J connectivity index is 1.59. The summed E-state index contributed by atoms with van der Waals surface area (Å²) in [6.07, 6.45) is 6.34. The standard InChI is InChI=1S/C15H18N2OS/c1-13-5-2-3-6-15(13)18-7-4-8-19-11-14-9-16-12-17-10-14/h2-3,5-6,9-10,12H,4,7-8,11H2,1H3.